The molecule has 0 aliphatic rings. The molecular weight excluding hydrogens is 302 g/mol. The van der Waals surface area contributed by atoms with Crippen molar-refractivity contribution in [1.29, 1.82) is 0 Å². The van der Waals surface area contributed by atoms with E-state index in [9.17, 15) is 9.59 Å². The number of carbonyl (C=O) groups excluding carboxylic acids is 2. The summed E-state index contributed by atoms with van der Waals surface area (Å²) in [5.41, 5.74) is 2.02. The molecular formula is C17H16ClNO3. The Kier molecular flexibility index (Phi) is 5.55. The van der Waals surface area contributed by atoms with Gasteiger partial charge in [-0.05, 0) is 48.9 Å². The van der Waals surface area contributed by atoms with E-state index >= 15 is 0 Å². The monoisotopic (exact) mass is 317 g/mol. The van der Waals surface area contributed by atoms with Crippen molar-refractivity contribution in [3.8, 4) is 0 Å². The SMILES string of the molecule is CCOC(=O)Nc1cccc(CC(=O)c2ccc(Cl)cc2)c1. The molecule has 0 aliphatic carbocycles. The van der Waals surface area contributed by atoms with Crippen molar-refractivity contribution >= 4 is 29.2 Å². The zero-order valence-electron chi connectivity index (χ0n) is 12.1. The third-order valence-corrected chi connectivity index (χ3v) is 3.23. The van der Waals surface area contributed by atoms with Gasteiger partial charge in [-0.3, -0.25) is 10.1 Å². The number of halogens is 1. The highest BCUT2D eigenvalue weighted by atomic mass is 35.5. The van der Waals surface area contributed by atoms with Gasteiger partial charge in [-0.1, -0.05) is 23.7 Å². The third-order valence-electron chi connectivity index (χ3n) is 2.98. The average molecular weight is 318 g/mol. The molecule has 0 spiro atoms. The van der Waals surface area contributed by atoms with Gasteiger partial charge in [-0.15, -0.1) is 0 Å². The summed E-state index contributed by atoms with van der Waals surface area (Å²) in [6, 6.07) is 13.9. The molecule has 0 saturated heterocycles. The maximum atomic E-state index is 12.2. The Hall–Kier alpha value is -2.33. The van der Waals surface area contributed by atoms with Gasteiger partial charge < -0.3 is 4.74 Å². The van der Waals surface area contributed by atoms with Crippen molar-refractivity contribution in [3.05, 3.63) is 64.7 Å². The summed E-state index contributed by atoms with van der Waals surface area (Å²) in [5, 5.41) is 3.21. The van der Waals surface area contributed by atoms with Crippen molar-refractivity contribution in [1.82, 2.24) is 0 Å². The summed E-state index contributed by atoms with van der Waals surface area (Å²) in [4.78, 5) is 23.6. The molecule has 0 saturated carbocycles. The van der Waals surface area contributed by atoms with Crippen LogP contribution in [0.4, 0.5) is 10.5 Å². The molecule has 0 radical (unpaired) electrons. The van der Waals surface area contributed by atoms with Crippen molar-refractivity contribution in [2.24, 2.45) is 0 Å². The molecule has 4 nitrogen and oxygen atoms in total. The molecule has 0 heterocycles. The molecule has 2 aromatic carbocycles. The predicted molar refractivity (Wildman–Crippen MR) is 86.6 cm³/mol. The second-order valence-electron chi connectivity index (χ2n) is 4.65. The third kappa shape index (κ3) is 4.60. The fourth-order valence-corrected chi connectivity index (χ4v) is 2.09. The molecule has 0 aromatic heterocycles. The number of Topliss-reactive ketones (excluding diaryl/α,β-unsaturated/α-hetero) is 1. The topological polar surface area (TPSA) is 55.4 Å². The lowest BCUT2D eigenvalue weighted by Gasteiger charge is -2.07. The maximum absolute atomic E-state index is 12.2. The second-order valence-corrected chi connectivity index (χ2v) is 5.09. The number of ketones is 1. The smallest absolute Gasteiger partial charge is 0.411 e. The number of hydrogen-bond acceptors (Lipinski definition) is 3. The highest BCUT2D eigenvalue weighted by Crippen LogP contribution is 2.15. The highest BCUT2D eigenvalue weighted by molar-refractivity contribution is 6.30. The van der Waals surface area contributed by atoms with Gasteiger partial charge in [0.05, 0.1) is 6.61 Å². The molecule has 1 N–H and O–H groups in total. The Bertz CT molecular complexity index is 668. The van der Waals surface area contributed by atoms with Crippen LogP contribution in [-0.2, 0) is 11.2 Å². The summed E-state index contributed by atoms with van der Waals surface area (Å²) >= 11 is 5.81. The minimum Gasteiger partial charge on any atom is -0.450 e. The first kappa shape index (κ1) is 16.0. The van der Waals surface area contributed by atoms with Crippen LogP contribution in [-0.4, -0.2) is 18.5 Å². The van der Waals surface area contributed by atoms with Crippen molar-refractivity contribution < 1.29 is 14.3 Å². The van der Waals surface area contributed by atoms with Gasteiger partial charge in [0, 0.05) is 22.7 Å². The lowest BCUT2D eigenvalue weighted by molar-refractivity contribution is 0.0993. The Morgan fingerprint density at radius 1 is 1.14 bits per heavy atom. The lowest BCUT2D eigenvalue weighted by atomic mass is 10.0. The molecule has 2 aromatic rings. The van der Waals surface area contributed by atoms with Crippen LogP contribution < -0.4 is 5.32 Å². The largest absolute Gasteiger partial charge is 0.450 e. The van der Waals surface area contributed by atoms with Crippen LogP contribution in [0.15, 0.2) is 48.5 Å². The van der Waals surface area contributed by atoms with Gasteiger partial charge in [0.25, 0.3) is 0 Å². The number of nitrogens with one attached hydrogen (secondary N) is 1. The first-order chi connectivity index (χ1) is 10.6. The second kappa shape index (κ2) is 7.61. The summed E-state index contributed by atoms with van der Waals surface area (Å²) in [5.74, 6) is -0.00930. The van der Waals surface area contributed by atoms with Gasteiger partial charge >= 0.3 is 6.09 Å². The Balaban J connectivity index is 2.05. The molecule has 1 amide bonds. The first-order valence-electron chi connectivity index (χ1n) is 6.90. The van der Waals surface area contributed by atoms with Gasteiger partial charge in [-0.2, -0.15) is 0 Å². The number of hydrogen-bond donors (Lipinski definition) is 1. The number of rotatable bonds is 5. The van der Waals surface area contributed by atoms with E-state index in [1.54, 1.807) is 49.4 Å². The van der Waals surface area contributed by atoms with E-state index in [-0.39, 0.29) is 12.2 Å². The van der Waals surface area contributed by atoms with Gasteiger partial charge in [0.1, 0.15) is 0 Å². The van der Waals surface area contributed by atoms with Crippen LogP contribution in [0.5, 0.6) is 0 Å². The average Bonchev–Trinajstić information content (AvgIpc) is 2.48. The Labute approximate surface area is 134 Å². The summed E-state index contributed by atoms with van der Waals surface area (Å²) in [6.07, 6.45) is -0.261. The van der Waals surface area contributed by atoms with E-state index in [0.29, 0.717) is 22.9 Å². The van der Waals surface area contributed by atoms with E-state index in [4.69, 9.17) is 16.3 Å². The zero-order valence-corrected chi connectivity index (χ0v) is 12.9. The summed E-state index contributed by atoms with van der Waals surface area (Å²) < 4.78 is 4.82. The van der Waals surface area contributed by atoms with Gasteiger partial charge in [-0.25, -0.2) is 4.79 Å². The van der Waals surface area contributed by atoms with E-state index in [1.807, 2.05) is 6.07 Å². The minimum absolute atomic E-state index is 0.00930. The van der Waals surface area contributed by atoms with Crippen LogP contribution in [0.3, 0.4) is 0 Å². The zero-order chi connectivity index (χ0) is 15.9. The molecule has 22 heavy (non-hydrogen) atoms. The van der Waals surface area contributed by atoms with Crippen molar-refractivity contribution in [2.45, 2.75) is 13.3 Å². The normalized spacial score (nSPS) is 10.1. The van der Waals surface area contributed by atoms with Crippen LogP contribution in [0.2, 0.25) is 5.02 Å². The number of benzene rings is 2. The number of amides is 1. The Morgan fingerprint density at radius 2 is 1.86 bits per heavy atom. The molecule has 5 heteroatoms. The molecule has 0 atom stereocenters. The minimum atomic E-state index is -0.510. The lowest BCUT2D eigenvalue weighted by Crippen LogP contribution is -2.13. The van der Waals surface area contributed by atoms with Crippen molar-refractivity contribution in [3.63, 3.8) is 0 Å². The van der Waals surface area contributed by atoms with Crippen LogP contribution in [0.25, 0.3) is 0 Å². The summed E-state index contributed by atoms with van der Waals surface area (Å²) in [7, 11) is 0. The number of ether oxygens (including phenoxy) is 1. The molecule has 2 rings (SSSR count). The maximum Gasteiger partial charge on any atom is 0.411 e. The van der Waals surface area contributed by atoms with Gasteiger partial charge in [0.2, 0.25) is 0 Å². The molecule has 0 unspecified atom stereocenters. The van der Waals surface area contributed by atoms with Gasteiger partial charge in [0.15, 0.2) is 5.78 Å². The molecule has 0 fully saturated rings. The van der Waals surface area contributed by atoms with Crippen LogP contribution in [0.1, 0.15) is 22.8 Å². The van der Waals surface area contributed by atoms with Crippen molar-refractivity contribution in [2.75, 3.05) is 11.9 Å². The van der Waals surface area contributed by atoms with E-state index in [2.05, 4.69) is 5.32 Å². The van der Waals surface area contributed by atoms with E-state index in [1.165, 1.54) is 0 Å². The molecule has 0 bridgehead atoms. The molecule has 114 valence electrons. The highest BCUT2D eigenvalue weighted by Gasteiger charge is 2.08. The number of carbonyl (C=O) groups is 2. The van der Waals surface area contributed by atoms with E-state index in [0.717, 1.165) is 5.56 Å². The molecule has 0 aliphatic heterocycles. The fraction of sp³-hybridized carbons (Fsp3) is 0.176. The Morgan fingerprint density at radius 3 is 2.55 bits per heavy atom. The quantitative estimate of drug-likeness (QED) is 0.835. The fourth-order valence-electron chi connectivity index (χ4n) is 1.97. The van der Waals surface area contributed by atoms with Crippen LogP contribution >= 0.6 is 11.6 Å². The summed E-state index contributed by atoms with van der Waals surface area (Å²) in [6.45, 7) is 2.04. The van der Waals surface area contributed by atoms with Crippen LogP contribution in [0, 0.1) is 0 Å². The number of anilines is 1. The predicted octanol–water partition coefficient (Wildman–Crippen LogP) is 4.33. The van der Waals surface area contributed by atoms with E-state index < -0.39 is 6.09 Å². The standard InChI is InChI=1S/C17H16ClNO3/c1-2-22-17(21)19-15-5-3-4-12(10-15)11-16(20)13-6-8-14(18)9-7-13/h3-10H,2,11H2,1H3,(H,19,21). The first-order valence-corrected chi connectivity index (χ1v) is 7.27.